The van der Waals surface area contributed by atoms with E-state index in [1.54, 1.807) is 53.9 Å². The molecule has 0 N–H and O–H groups in total. The molecule has 0 unspecified atom stereocenters. The Morgan fingerprint density at radius 2 is 1.74 bits per heavy atom. The van der Waals surface area contributed by atoms with Gasteiger partial charge in [0.2, 0.25) is 10.0 Å². The lowest BCUT2D eigenvalue weighted by atomic mass is 10.0. The van der Waals surface area contributed by atoms with Crippen LogP contribution in [0.5, 0.6) is 11.5 Å². The molecule has 2 atom stereocenters. The SMILES string of the molecule is COc1ccc(C(=O)C[C@@H]2CC[C@H](C(C)C)N2S(=O)(=O)c2ccc(C)cc2)c(OC)c1. The number of hydrogen-bond donors (Lipinski definition) is 0. The van der Waals surface area contributed by atoms with Crippen LogP contribution in [0, 0.1) is 12.8 Å². The van der Waals surface area contributed by atoms with Crippen LogP contribution in [-0.4, -0.2) is 44.8 Å². The third kappa shape index (κ3) is 4.77. The third-order valence-corrected chi connectivity index (χ3v) is 7.97. The van der Waals surface area contributed by atoms with Crippen LogP contribution in [0.3, 0.4) is 0 Å². The number of hydrogen-bond acceptors (Lipinski definition) is 5. The maximum absolute atomic E-state index is 13.6. The van der Waals surface area contributed by atoms with Crippen LogP contribution in [0.25, 0.3) is 0 Å². The molecule has 168 valence electrons. The number of Topliss-reactive ketones (excluding diaryl/α,β-unsaturated/α-hetero) is 1. The zero-order valence-corrected chi connectivity index (χ0v) is 19.6. The molecule has 0 amide bonds. The second-order valence-electron chi connectivity index (χ2n) is 8.38. The van der Waals surface area contributed by atoms with Crippen molar-refractivity contribution < 1.29 is 22.7 Å². The Morgan fingerprint density at radius 1 is 1.06 bits per heavy atom. The summed E-state index contributed by atoms with van der Waals surface area (Å²) >= 11 is 0. The minimum absolute atomic E-state index is 0.108. The van der Waals surface area contributed by atoms with E-state index in [1.807, 2.05) is 20.8 Å². The van der Waals surface area contributed by atoms with Gasteiger partial charge in [-0.3, -0.25) is 4.79 Å². The highest BCUT2D eigenvalue weighted by molar-refractivity contribution is 7.89. The molecular formula is C24H31NO5S. The molecule has 1 heterocycles. The van der Waals surface area contributed by atoms with Gasteiger partial charge in [-0.25, -0.2) is 8.42 Å². The van der Waals surface area contributed by atoms with E-state index in [1.165, 1.54) is 7.11 Å². The first kappa shape index (κ1) is 23.3. The standard InChI is InChI=1S/C24H31NO5S/c1-16(2)22-13-8-18(25(22)31(27,28)20-10-6-17(3)7-11-20)14-23(26)21-12-9-19(29-4)15-24(21)30-5/h6-7,9-12,15-16,18,22H,8,13-14H2,1-5H3/t18-,22+/m0/s1. The van der Waals surface area contributed by atoms with Crippen molar-refractivity contribution in [1.82, 2.24) is 4.31 Å². The van der Waals surface area contributed by atoms with Crippen LogP contribution in [0.4, 0.5) is 0 Å². The number of rotatable bonds is 8. The third-order valence-electron chi connectivity index (χ3n) is 5.98. The number of carbonyl (C=O) groups is 1. The Balaban J connectivity index is 1.93. The van der Waals surface area contributed by atoms with Crippen LogP contribution in [-0.2, 0) is 10.0 Å². The topological polar surface area (TPSA) is 72.9 Å². The molecule has 0 aliphatic carbocycles. The van der Waals surface area contributed by atoms with Crippen molar-refractivity contribution >= 4 is 15.8 Å². The van der Waals surface area contributed by atoms with Crippen molar-refractivity contribution in [1.29, 1.82) is 0 Å². The molecule has 0 saturated carbocycles. The molecule has 1 fully saturated rings. The zero-order valence-electron chi connectivity index (χ0n) is 18.8. The fourth-order valence-corrected chi connectivity index (χ4v) is 6.27. The fourth-order valence-electron chi connectivity index (χ4n) is 4.27. The molecule has 1 aliphatic rings. The molecule has 3 rings (SSSR count). The summed E-state index contributed by atoms with van der Waals surface area (Å²) in [6, 6.07) is 11.4. The number of carbonyl (C=O) groups excluding carboxylic acids is 1. The zero-order chi connectivity index (χ0) is 22.8. The second-order valence-corrected chi connectivity index (χ2v) is 10.2. The average Bonchev–Trinajstić information content (AvgIpc) is 3.18. The first-order chi connectivity index (χ1) is 14.7. The molecule has 7 heteroatoms. The minimum Gasteiger partial charge on any atom is -0.497 e. The van der Waals surface area contributed by atoms with Gasteiger partial charge in [0.15, 0.2) is 5.78 Å². The molecule has 0 radical (unpaired) electrons. The molecule has 0 bridgehead atoms. The van der Waals surface area contributed by atoms with E-state index in [0.29, 0.717) is 23.5 Å². The molecule has 1 aliphatic heterocycles. The van der Waals surface area contributed by atoms with Crippen molar-refractivity contribution in [2.75, 3.05) is 14.2 Å². The van der Waals surface area contributed by atoms with E-state index in [4.69, 9.17) is 9.47 Å². The summed E-state index contributed by atoms with van der Waals surface area (Å²) in [5.74, 6) is 1.03. The number of nitrogens with zero attached hydrogens (tertiary/aromatic N) is 1. The van der Waals surface area contributed by atoms with E-state index in [0.717, 1.165) is 12.0 Å². The van der Waals surface area contributed by atoms with Gasteiger partial charge in [0.1, 0.15) is 11.5 Å². The first-order valence-electron chi connectivity index (χ1n) is 10.5. The van der Waals surface area contributed by atoms with Gasteiger partial charge >= 0.3 is 0 Å². The molecule has 6 nitrogen and oxygen atoms in total. The van der Waals surface area contributed by atoms with Gasteiger partial charge in [-0.1, -0.05) is 31.5 Å². The normalized spacial score (nSPS) is 19.5. The van der Waals surface area contributed by atoms with Crippen molar-refractivity contribution in [3.05, 3.63) is 53.6 Å². The van der Waals surface area contributed by atoms with Crippen molar-refractivity contribution in [3.8, 4) is 11.5 Å². The summed E-state index contributed by atoms with van der Waals surface area (Å²) < 4.78 is 39.3. The fraction of sp³-hybridized carbons (Fsp3) is 0.458. The number of ketones is 1. The van der Waals surface area contributed by atoms with Crippen LogP contribution in [0.1, 0.15) is 49.0 Å². The maximum atomic E-state index is 13.6. The summed E-state index contributed by atoms with van der Waals surface area (Å²) in [5.41, 5.74) is 1.43. The number of aryl methyl sites for hydroxylation is 1. The van der Waals surface area contributed by atoms with Crippen LogP contribution in [0.15, 0.2) is 47.4 Å². The van der Waals surface area contributed by atoms with Gasteiger partial charge in [-0.2, -0.15) is 4.31 Å². The van der Waals surface area contributed by atoms with Gasteiger partial charge in [-0.05, 0) is 49.9 Å². The Labute approximate surface area is 185 Å². The van der Waals surface area contributed by atoms with Gasteiger partial charge < -0.3 is 9.47 Å². The molecule has 2 aromatic rings. The monoisotopic (exact) mass is 445 g/mol. The smallest absolute Gasteiger partial charge is 0.243 e. The highest BCUT2D eigenvalue weighted by Crippen LogP contribution is 2.37. The molecular weight excluding hydrogens is 414 g/mol. The summed E-state index contributed by atoms with van der Waals surface area (Å²) in [5, 5.41) is 0. The van der Waals surface area contributed by atoms with E-state index in [-0.39, 0.29) is 29.1 Å². The average molecular weight is 446 g/mol. The van der Waals surface area contributed by atoms with Crippen LogP contribution in [0.2, 0.25) is 0 Å². The van der Waals surface area contributed by atoms with Gasteiger partial charge in [0.05, 0.1) is 24.7 Å². The highest BCUT2D eigenvalue weighted by atomic mass is 32.2. The van der Waals surface area contributed by atoms with Crippen LogP contribution >= 0.6 is 0 Å². The summed E-state index contributed by atoms with van der Waals surface area (Å²) in [7, 11) is -0.669. The quantitative estimate of drug-likeness (QED) is 0.561. The summed E-state index contributed by atoms with van der Waals surface area (Å²) in [6.07, 6.45) is 1.50. The first-order valence-corrected chi connectivity index (χ1v) is 12.0. The van der Waals surface area contributed by atoms with Gasteiger partial charge in [0, 0.05) is 24.6 Å². The van der Waals surface area contributed by atoms with Gasteiger partial charge in [-0.15, -0.1) is 0 Å². The van der Waals surface area contributed by atoms with Crippen molar-refractivity contribution in [2.45, 2.75) is 57.0 Å². The lowest BCUT2D eigenvalue weighted by Gasteiger charge is -2.31. The maximum Gasteiger partial charge on any atom is 0.243 e. The van der Waals surface area contributed by atoms with E-state index in [9.17, 15) is 13.2 Å². The van der Waals surface area contributed by atoms with Crippen molar-refractivity contribution in [3.63, 3.8) is 0 Å². The van der Waals surface area contributed by atoms with Crippen molar-refractivity contribution in [2.24, 2.45) is 5.92 Å². The number of methoxy groups -OCH3 is 2. The van der Waals surface area contributed by atoms with E-state index >= 15 is 0 Å². The lowest BCUT2D eigenvalue weighted by molar-refractivity contribution is 0.0952. The predicted molar refractivity (Wildman–Crippen MR) is 120 cm³/mol. The number of sulfonamides is 1. The Morgan fingerprint density at radius 3 is 2.32 bits per heavy atom. The summed E-state index contributed by atoms with van der Waals surface area (Å²) in [4.78, 5) is 13.4. The highest BCUT2D eigenvalue weighted by Gasteiger charge is 2.44. The van der Waals surface area contributed by atoms with Crippen LogP contribution < -0.4 is 9.47 Å². The molecule has 0 aromatic heterocycles. The number of ether oxygens (including phenoxy) is 2. The lowest BCUT2D eigenvalue weighted by Crippen LogP contribution is -2.44. The second kappa shape index (κ2) is 9.40. The minimum atomic E-state index is -3.72. The molecule has 1 saturated heterocycles. The molecule has 2 aromatic carbocycles. The Kier molecular flexibility index (Phi) is 7.06. The Hall–Kier alpha value is -2.38. The predicted octanol–water partition coefficient (Wildman–Crippen LogP) is 4.46. The summed E-state index contributed by atoms with van der Waals surface area (Å²) in [6.45, 7) is 5.98. The Bertz CT molecular complexity index is 1030. The van der Waals surface area contributed by atoms with E-state index in [2.05, 4.69) is 0 Å². The van der Waals surface area contributed by atoms with Gasteiger partial charge in [0.25, 0.3) is 0 Å². The molecule has 31 heavy (non-hydrogen) atoms. The molecule has 0 spiro atoms. The largest absolute Gasteiger partial charge is 0.497 e. The van der Waals surface area contributed by atoms with E-state index < -0.39 is 16.1 Å². The number of benzene rings is 2.